The van der Waals surface area contributed by atoms with E-state index in [1.54, 1.807) is 13.8 Å². The van der Waals surface area contributed by atoms with E-state index in [4.69, 9.17) is 26.1 Å². The van der Waals surface area contributed by atoms with E-state index in [2.05, 4.69) is 15.5 Å². The predicted molar refractivity (Wildman–Crippen MR) is 77.9 cm³/mol. The lowest BCUT2D eigenvalue weighted by molar-refractivity contribution is 0.169. The summed E-state index contributed by atoms with van der Waals surface area (Å²) in [7, 11) is 0. The van der Waals surface area contributed by atoms with Gasteiger partial charge in [0, 0.05) is 0 Å². The van der Waals surface area contributed by atoms with Gasteiger partial charge in [-0.05, 0) is 53.3 Å². The van der Waals surface area contributed by atoms with E-state index < -0.39 is 6.64 Å². The largest absolute Gasteiger partial charge is 0.411 e. The second-order valence-corrected chi connectivity index (χ2v) is 7.35. The summed E-state index contributed by atoms with van der Waals surface area (Å²) in [6.07, 6.45) is -0.129. The highest BCUT2D eigenvalue weighted by atomic mass is 32.5. The zero-order valence-electron chi connectivity index (χ0n) is 11.7. The molecule has 0 heterocycles. The molecule has 0 bridgehead atoms. The Hall–Kier alpha value is -0.490. The maximum atomic E-state index is 8.63. The third-order valence-electron chi connectivity index (χ3n) is 1.71. The Morgan fingerprint density at radius 3 is 1.89 bits per heavy atom. The van der Waals surface area contributed by atoms with Crippen molar-refractivity contribution in [3.05, 3.63) is 0 Å². The maximum absolute atomic E-state index is 8.63. The van der Waals surface area contributed by atoms with Crippen LogP contribution in [0.2, 0.25) is 0 Å². The highest BCUT2D eigenvalue weighted by Gasteiger charge is 2.22. The summed E-state index contributed by atoms with van der Waals surface area (Å²) in [6, 6.07) is 0. The summed E-state index contributed by atoms with van der Waals surface area (Å²) in [6.45, 7) is 8.17. The molecule has 0 saturated heterocycles. The van der Waals surface area contributed by atoms with Crippen molar-refractivity contribution < 1.29 is 14.3 Å². The molecule has 0 fully saturated rings. The zero-order valence-corrected chi connectivity index (χ0v) is 13.4. The summed E-state index contributed by atoms with van der Waals surface area (Å²) in [5, 5.41) is 18.5. The molecular formula is C10H22N3O3PS. The highest BCUT2D eigenvalue weighted by molar-refractivity contribution is 8.08. The summed E-state index contributed by atoms with van der Waals surface area (Å²) < 4.78 is 11.2. The Morgan fingerprint density at radius 1 is 1.11 bits per heavy atom. The van der Waals surface area contributed by atoms with Gasteiger partial charge in [-0.3, -0.25) is 0 Å². The number of nitrogens with zero attached hydrogens (tertiary/aromatic N) is 2. The van der Waals surface area contributed by atoms with Gasteiger partial charge < -0.3 is 14.3 Å². The van der Waals surface area contributed by atoms with Crippen LogP contribution < -0.4 is 5.20 Å². The second-order valence-electron chi connectivity index (χ2n) is 4.29. The quantitative estimate of drug-likeness (QED) is 0.327. The molecule has 0 aliphatic heterocycles. The van der Waals surface area contributed by atoms with E-state index in [9.17, 15) is 0 Å². The minimum atomic E-state index is -2.68. The van der Waals surface area contributed by atoms with Crippen LogP contribution in [0, 0.1) is 0 Å². The molecule has 0 saturated carbocycles. The number of hydrogen-bond donors (Lipinski definition) is 2. The fraction of sp³-hybridized carbons (Fsp3) is 0.800. The highest BCUT2D eigenvalue weighted by Crippen LogP contribution is 2.46. The van der Waals surface area contributed by atoms with Gasteiger partial charge in [0.05, 0.1) is 23.6 Å². The minimum Gasteiger partial charge on any atom is -0.411 e. The molecule has 0 aromatic rings. The fourth-order valence-corrected chi connectivity index (χ4v) is 3.60. The van der Waals surface area contributed by atoms with Gasteiger partial charge in [0.2, 0.25) is 0 Å². The SMILES string of the molecule is CC(=N\O)/C(C)=N/NP(=S)(OC(C)C)OC(C)C. The average molecular weight is 295 g/mol. The molecule has 0 amide bonds. The fourth-order valence-electron chi connectivity index (χ4n) is 0.917. The van der Waals surface area contributed by atoms with Crippen molar-refractivity contribution in [1.82, 2.24) is 5.20 Å². The van der Waals surface area contributed by atoms with Crippen LogP contribution in [0.25, 0.3) is 0 Å². The molecule has 6 nitrogen and oxygen atoms in total. The molecule has 0 rings (SSSR count). The molecule has 0 spiro atoms. The summed E-state index contributed by atoms with van der Waals surface area (Å²) in [5.74, 6) is 0. The first-order chi connectivity index (χ1) is 8.20. The van der Waals surface area contributed by atoms with Crippen molar-refractivity contribution >= 4 is 29.9 Å². The number of rotatable bonds is 7. The normalized spacial score (nSPS) is 14.4. The van der Waals surface area contributed by atoms with Crippen LogP contribution in [-0.4, -0.2) is 28.8 Å². The van der Waals surface area contributed by atoms with E-state index in [0.717, 1.165) is 0 Å². The second kappa shape index (κ2) is 7.84. The van der Waals surface area contributed by atoms with Crippen molar-refractivity contribution in [2.45, 2.75) is 53.8 Å². The van der Waals surface area contributed by atoms with Crippen molar-refractivity contribution in [2.24, 2.45) is 10.3 Å². The third kappa shape index (κ3) is 7.06. The molecule has 106 valence electrons. The molecule has 0 unspecified atom stereocenters. The molecule has 0 aromatic heterocycles. The Bertz CT molecular complexity index is 355. The molecule has 0 aliphatic rings. The Morgan fingerprint density at radius 2 is 1.56 bits per heavy atom. The van der Waals surface area contributed by atoms with E-state index in [0.29, 0.717) is 11.4 Å². The monoisotopic (exact) mass is 295 g/mol. The number of oxime groups is 1. The van der Waals surface area contributed by atoms with Gasteiger partial charge in [0.1, 0.15) is 0 Å². The molecule has 0 aliphatic carbocycles. The van der Waals surface area contributed by atoms with Crippen molar-refractivity contribution in [3.63, 3.8) is 0 Å². The van der Waals surface area contributed by atoms with Gasteiger partial charge in [-0.15, -0.1) is 0 Å². The molecule has 8 heteroatoms. The first-order valence-electron chi connectivity index (χ1n) is 5.67. The van der Waals surface area contributed by atoms with Crippen LogP contribution in [0.1, 0.15) is 41.5 Å². The van der Waals surface area contributed by atoms with Crippen LogP contribution >= 0.6 is 6.64 Å². The Balaban J connectivity index is 4.86. The van der Waals surface area contributed by atoms with Crippen LogP contribution in [0.15, 0.2) is 10.3 Å². The zero-order chi connectivity index (χ0) is 14.3. The summed E-state index contributed by atoms with van der Waals surface area (Å²) in [4.78, 5) is 0. The Kier molecular flexibility index (Phi) is 7.62. The number of hydrazone groups is 1. The minimum absolute atomic E-state index is 0.0646. The van der Waals surface area contributed by atoms with Crippen molar-refractivity contribution in [1.29, 1.82) is 0 Å². The van der Waals surface area contributed by atoms with Gasteiger partial charge in [-0.1, -0.05) is 5.16 Å². The third-order valence-corrected chi connectivity index (χ3v) is 4.22. The van der Waals surface area contributed by atoms with Crippen molar-refractivity contribution in [2.75, 3.05) is 0 Å². The van der Waals surface area contributed by atoms with Gasteiger partial charge >= 0.3 is 6.64 Å². The van der Waals surface area contributed by atoms with Crippen LogP contribution in [-0.2, 0) is 20.9 Å². The summed E-state index contributed by atoms with van der Waals surface area (Å²) in [5.41, 5.74) is 0.921. The molecule has 0 aromatic carbocycles. The van der Waals surface area contributed by atoms with Gasteiger partial charge in [0.15, 0.2) is 0 Å². The van der Waals surface area contributed by atoms with E-state index >= 15 is 0 Å². The lowest BCUT2D eigenvalue weighted by Gasteiger charge is -2.25. The van der Waals surface area contributed by atoms with Crippen LogP contribution in [0.5, 0.6) is 0 Å². The van der Waals surface area contributed by atoms with Crippen LogP contribution in [0.4, 0.5) is 0 Å². The van der Waals surface area contributed by atoms with E-state index in [1.807, 2.05) is 27.7 Å². The smallest absolute Gasteiger partial charge is 0.303 e. The molecule has 0 atom stereocenters. The number of nitrogens with one attached hydrogen (secondary N) is 1. The van der Waals surface area contributed by atoms with E-state index in [1.165, 1.54) is 0 Å². The molecule has 18 heavy (non-hydrogen) atoms. The van der Waals surface area contributed by atoms with Gasteiger partial charge in [-0.25, -0.2) is 5.20 Å². The lowest BCUT2D eigenvalue weighted by atomic mass is 10.3. The predicted octanol–water partition coefficient (Wildman–Crippen LogP) is 2.88. The molecule has 0 radical (unpaired) electrons. The van der Waals surface area contributed by atoms with Gasteiger partial charge in [0.25, 0.3) is 0 Å². The van der Waals surface area contributed by atoms with Crippen molar-refractivity contribution in [3.8, 4) is 0 Å². The average Bonchev–Trinajstić information content (AvgIpc) is 2.22. The van der Waals surface area contributed by atoms with Gasteiger partial charge in [-0.2, -0.15) is 5.10 Å². The topological polar surface area (TPSA) is 75.4 Å². The Labute approximate surface area is 114 Å². The van der Waals surface area contributed by atoms with E-state index in [-0.39, 0.29) is 12.2 Å². The maximum Gasteiger partial charge on any atom is 0.303 e. The lowest BCUT2D eigenvalue weighted by Crippen LogP contribution is -2.18. The molecule has 2 N–H and O–H groups in total. The standard InChI is InChI=1S/C10H22N3O3PS/c1-7(2)15-17(18,16-8(3)4)13-11-9(5)10(6)12-14/h7-8,14H,1-6H3,(H,13,18)/b11-9+,12-10+. The first kappa shape index (κ1) is 17.5. The molecular weight excluding hydrogens is 273 g/mol. The summed E-state index contributed by atoms with van der Waals surface area (Å²) >= 11 is 5.34. The first-order valence-corrected chi connectivity index (χ1v) is 8.31. The number of hydrogen-bond acceptors (Lipinski definition) is 6. The van der Waals surface area contributed by atoms with Crippen LogP contribution in [0.3, 0.4) is 0 Å².